The summed E-state index contributed by atoms with van der Waals surface area (Å²) >= 11 is 0. The number of hydrogen-bond donors (Lipinski definition) is 1. The van der Waals surface area contributed by atoms with E-state index in [1.807, 2.05) is 12.2 Å². The van der Waals surface area contributed by atoms with Crippen LogP contribution in [0.15, 0.2) is 128 Å². The second kappa shape index (κ2) is 10.8. The SMILES string of the molecule is C=C/C=C\C=C(/C)c1c(-c2cc(C)cc(C)c2)ccc2c1[nH]c1cc3c4ccc(-c5cc(C)cc(C)c5)c5c6ccccc6n(c3cc12)c45. The van der Waals surface area contributed by atoms with E-state index >= 15 is 0 Å². The van der Waals surface area contributed by atoms with Crippen LogP contribution in [0.25, 0.3) is 87.7 Å². The van der Waals surface area contributed by atoms with Crippen molar-refractivity contribution in [2.45, 2.75) is 34.6 Å². The maximum atomic E-state index is 3.93. The topological polar surface area (TPSA) is 20.2 Å². The Labute approximate surface area is 286 Å². The number of rotatable bonds is 5. The average molecular weight is 631 g/mol. The van der Waals surface area contributed by atoms with Gasteiger partial charge in [0.1, 0.15) is 0 Å². The Hall–Kier alpha value is -5.86. The van der Waals surface area contributed by atoms with E-state index in [9.17, 15) is 0 Å². The predicted octanol–water partition coefficient (Wildman–Crippen LogP) is 13.2. The Kier molecular flexibility index (Phi) is 6.48. The van der Waals surface area contributed by atoms with E-state index in [4.69, 9.17) is 0 Å². The molecule has 0 aliphatic rings. The van der Waals surface area contributed by atoms with Gasteiger partial charge in [-0.1, -0.05) is 132 Å². The molecule has 2 heteroatoms. The second-order valence-electron chi connectivity index (χ2n) is 13.9. The summed E-state index contributed by atoms with van der Waals surface area (Å²) in [7, 11) is 0. The Morgan fingerprint density at radius 1 is 0.612 bits per heavy atom. The Balaban J connectivity index is 1.37. The van der Waals surface area contributed by atoms with E-state index in [0.717, 1.165) is 5.52 Å². The van der Waals surface area contributed by atoms with Crippen LogP contribution in [-0.2, 0) is 0 Å². The Morgan fingerprint density at radius 3 is 1.98 bits per heavy atom. The molecule has 0 bridgehead atoms. The molecule has 0 spiro atoms. The molecule has 0 aliphatic carbocycles. The Morgan fingerprint density at radius 2 is 1.27 bits per heavy atom. The van der Waals surface area contributed by atoms with Crippen molar-refractivity contribution in [1.29, 1.82) is 0 Å². The van der Waals surface area contributed by atoms with Gasteiger partial charge in [0.25, 0.3) is 0 Å². The molecule has 0 unspecified atom stereocenters. The third-order valence-corrected chi connectivity index (χ3v) is 10.3. The summed E-state index contributed by atoms with van der Waals surface area (Å²) in [5.41, 5.74) is 18.7. The number of aromatic nitrogens is 2. The summed E-state index contributed by atoms with van der Waals surface area (Å²) in [6, 6.07) is 36.7. The van der Waals surface area contributed by atoms with Gasteiger partial charge >= 0.3 is 0 Å². The predicted molar refractivity (Wildman–Crippen MR) is 213 cm³/mol. The molecule has 9 aromatic rings. The van der Waals surface area contributed by atoms with Gasteiger partial charge < -0.3 is 9.38 Å². The molecule has 0 radical (unpaired) electrons. The largest absolute Gasteiger partial charge is 0.354 e. The van der Waals surface area contributed by atoms with Crippen LogP contribution in [0, 0.1) is 27.7 Å². The molecule has 3 heterocycles. The normalized spacial score (nSPS) is 12.7. The molecule has 0 aliphatic heterocycles. The fourth-order valence-electron chi connectivity index (χ4n) is 8.48. The zero-order valence-corrected chi connectivity index (χ0v) is 28.7. The maximum Gasteiger partial charge on any atom is 0.0626 e. The summed E-state index contributed by atoms with van der Waals surface area (Å²) in [5, 5.41) is 7.67. The van der Waals surface area contributed by atoms with Crippen molar-refractivity contribution < 1.29 is 0 Å². The molecular formula is C47H38N2. The standard InChI is InChI=1S/C47H38N2/c1-7-8-9-12-31(6)44-34(32-21-27(2)19-28(3)22-32)15-17-36-39-26-43-40(25-41(39)48-46(36)44)37-18-16-35(33-23-29(4)20-30(5)24-33)45-38-13-10-11-14-42(38)49(43)47(37)45/h7-26,48H,1H2,2-6H3/b9-8-,31-12+. The molecule has 0 fully saturated rings. The minimum Gasteiger partial charge on any atom is -0.354 e. The van der Waals surface area contributed by atoms with Gasteiger partial charge in [0.05, 0.1) is 22.1 Å². The molecule has 1 N–H and O–H groups in total. The number of nitrogens with zero attached hydrogens (tertiary/aromatic N) is 1. The van der Waals surface area contributed by atoms with Gasteiger partial charge in [0.15, 0.2) is 0 Å². The van der Waals surface area contributed by atoms with E-state index in [-0.39, 0.29) is 0 Å². The van der Waals surface area contributed by atoms with Crippen LogP contribution in [-0.4, -0.2) is 9.38 Å². The number of fused-ring (bicyclic) bond motifs is 9. The minimum atomic E-state index is 1.16. The minimum absolute atomic E-state index is 1.16. The van der Waals surface area contributed by atoms with Crippen LogP contribution in [0.3, 0.4) is 0 Å². The highest BCUT2D eigenvalue weighted by Crippen LogP contribution is 2.46. The molecule has 0 saturated heterocycles. The van der Waals surface area contributed by atoms with Gasteiger partial charge in [-0.25, -0.2) is 0 Å². The summed E-state index contributed by atoms with van der Waals surface area (Å²) in [6.45, 7) is 14.8. The van der Waals surface area contributed by atoms with Crippen LogP contribution in [0.2, 0.25) is 0 Å². The van der Waals surface area contributed by atoms with Gasteiger partial charge in [-0.15, -0.1) is 0 Å². The van der Waals surface area contributed by atoms with Gasteiger partial charge in [-0.3, -0.25) is 0 Å². The first kappa shape index (κ1) is 29.3. The van der Waals surface area contributed by atoms with Crippen molar-refractivity contribution >= 4 is 65.5 Å². The van der Waals surface area contributed by atoms with E-state index in [2.05, 4.69) is 160 Å². The number of benzene rings is 6. The van der Waals surface area contributed by atoms with Crippen LogP contribution < -0.4 is 0 Å². The van der Waals surface area contributed by atoms with Crippen molar-refractivity contribution in [3.05, 3.63) is 156 Å². The lowest BCUT2D eigenvalue weighted by Crippen LogP contribution is -1.91. The molecule has 49 heavy (non-hydrogen) atoms. The molecule has 9 rings (SSSR count). The molecule has 236 valence electrons. The van der Waals surface area contributed by atoms with E-state index in [1.54, 1.807) is 0 Å². The van der Waals surface area contributed by atoms with E-state index in [1.165, 1.54) is 110 Å². The lowest BCUT2D eigenvalue weighted by molar-refractivity contribution is 1.37. The van der Waals surface area contributed by atoms with Crippen molar-refractivity contribution in [3.63, 3.8) is 0 Å². The lowest BCUT2D eigenvalue weighted by Gasteiger charge is -2.14. The van der Waals surface area contributed by atoms with E-state index < -0.39 is 0 Å². The molecule has 3 aromatic heterocycles. The monoisotopic (exact) mass is 630 g/mol. The number of allylic oxidation sites excluding steroid dienone is 5. The average Bonchev–Trinajstić information content (AvgIpc) is 3.72. The molecule has 6 aromatic carbocycles. The second-order valence-corrected chi connectivity index (χ2v) is 13.9. The third kappa shape index (κ3) is 4.41. The molecule has 0 atom stereocenters. The fraction of sp³-hybridized carbons (Fsp3) is 0.106. The highest BCUT2D eigenvalue weighted by Gasteiger charge is 2.23. The van der Waals surface area contributed by atoms with Crippen molar-refractivity contribution in [1.82, 2.24) is 9.38 Å². The summed E-state index contributed by atoms with van der Waals surface area (Å²) in [4.78, 5) is 3.93. The molecule has 0 saturated carbocycles. The highest BCUT2D eigenvalue weighted by atomic mass is 14.9. The zero-order chi connectivity index (χ0) is 33.6. The number of para-hydroxylation sites is 1. The van der Waals surface area contributed by atoms with Crippen molar-refractivity contribution in [3.8, 4) is 22.3 Å². The number of nitrogens with one attached hydrogen (secondary N) is 1. The smallest absolute Gasteiger partial charge is 0.0626 e. The summed E-state index contributed by atoms with van der Waals surface area (Å²) in [5.74, 6) is 0. The third-order valence-electron chi connectivity index (χ3n) is 10.3. The number of H-pyrrole nitrogens is 1. The summed E-state index contributed by atoms with van der Waals surface area (Å²) in [6.07, 6.45) is 8.08. The Bertz CT molecular complexity index is 2840. The molecule has 0 amide bonds. The maximum absolute atomic E-state index is 3.93. The molecule has 2 nitrogen and oxygen atoms in total. The first-order chi connectivity index (χ1) is 23.8. The van der Waals surface area contributed by atoms with Crippen molar-refractivity contribution in [2.24, 2.45) is 0 Å². The first-order valence-electron chi connectivity index (χ1n) is 17.1. The quantitative estimate of drug-likeness (QED) is 0.183. The number of aryl methyl sites for hydroxylation is 4. The number of aromatic amines is 1. The van der Waals surface area contributed by atoms with Crippen LogP contribution in [0.4, 0.5) is 0 Å². The van der Waals surface area contributed by atoms with Gasteiger partial charge in [-0.05, 0) is 80.6 Å². The van der Waals surface area contributed by atoms with Gasteiger partial charge in [-0.2, -0.15) is 0 Å². The molecular weight excluding hydrogens is 593 g/mol. The van der Waals surface area contributed by atoms with Crippen LogP contribution in [0.5, 0.6) is 0 Å². The van der Waals surface area contributed by atoms with Crippen molar-refractivity contribution in [2.75, 3.05) is 0 Å². The zero-order valence-electron chi connectivity index (χ0n) is 28.7. The lowest BCUT2D eigenvalue weighted by atomic mass is 9.91. The summed E-state index contributed by atoms with van der Waals surface area (Å²) < 4.78 is 2.51. The first-order valence-corrected chi connectivity index (χ1v) is 17.1. The van der Waals surface area contributed by atoms with Gasteiger partial charge in [0.2, 0.25) is 0 Å². The van der Waals surface area contributed by atoms with Crippen LogP contribution in [0.1, 0.15) is 34.7 Å². The number of hydrogen-bond acceptors (Lipinski definition) is 0. The van der Waals surface area contributed by atoms with E-state index in [0.29, 0.717) is 0 Å². The van der Waals surface area contributed by atoms with Crippen LogP contribution >= 0.6 is 0 Å². The highest BCUT2D eigenvalue weighted by molar-refractivity contribution is 6.29. The van der Waals surface area contributed by atoms with Gasteiger partial charge in [0, 0.05) is 43.4 Å². The fourth-order valence-corrected chi connectivity index (χ4v) is 8.48.